The van der Waals surface area contributed by atoms with E-state index in [9.17, 15) is 0 Å². The summed E-state index contributed by atoms with van der Waals surface area (Å²) in [7, 11) is 0. The topological polar surface area (TPSA) is 60.0 Å². The van der Waals surface area contributed by atoms with Crippen LogP contribution in [0.5, 0.6) is 0 Å². The fourth-order valence-corrected chi connectivity index (χ4v) is 4.90. The molecule has 35 heavy (non-hydrogen) atoms. The van der Waals surface area contributed by atoms with E-state index in [1.807, 2.05) is 55.8 Å². The van der Waals surface area contributed by atoms with Gasteiger partial charge in [-0.1, -0.05) is 67.7 Å². The lowest BCUT2D eigenvalue weighted by Gasteiger charge is -2.17. The zero-order chi connectivity index (χ0) is 24.7. The molecule has 3 heterocycles. The van der Waals surface area contributed by atoms with Crippen LogP contribution in [0.3, 0.4) is 0 Å². The van der Waals surface area contributed by atoms with Crippen molar-refractivity contribution in [2.45, 2.75) is 45.6 Å². The third-order valence-corrected chi connectivity index (χ3v) is 6.88. The Morgan fingerprint density at radius 3 is 2.23 bits per heavy atom. The van der Waals surface area contributed by atoms with Gasteiger partial charge in [0.25, 0.3) is 5.89 Å². The van der Waals surface area contributed by atoms with Crippen molar-refractivity contribution in [1.29, 1.82) is 0 Å². The highest BCUT2D eigenvalue weighted by atomic mass is 35.5. The Bertz CT molecular complexity index is 1350. The third-order valence-electron chi connectivity index (χ3n) is 6.09. The number of rotatable bonds is 5. The van der Waals surface area contributed by atoms with Crippen molar-refractivity contribution in [3.8, 4) is 28.5 Å². The molecule has 0 saturated carbocycles. The fourth-order valence-electron chi connectivity index (χ4n) is 4.29. The minimum Gasteiger partial charge on any atom is -0.419 e. The average molecular weight is 531 g/mol. The van der Waals surface area contributed by atoms with Gasteiger partial charge in [0.15, 0.2) is 5.69 Å². The van der Waals surface area contributed by atoms with Crippen LogP contribution in [-0.4, -0.2) is 38.0 Å². The zero-order valence-corrected chi connectivity index (χ0v) is 22.1. The zero-order valence-electron chi connectivity index (χ0n) is 19.9. The van der Waals surface area contributed by atoms with Crippen molar-refractivity contribution >= 4 is 34.8 Å². The fraction of sp³-hybridized carbons (Fsp3) is 0.346. The summed E-state index contributed by atoms with van der Waals surface area (Å²) in [6.07, 6.45) is 2.36. The highest BCUT2D eigenvalue weighted by Crippen LogP contribution is 2.38. The number of aromatic nitrogens is 4. The molecule has 5 rings (SSSR count). The molecule has 0 spiro atoms. The van der Waals surface area contributed by atoms with Gasteiger partial charge in [0.1, 0.15) is 0 Å². The number of benzene rings is 2. The van der Waals surface area contributed by atoms with Gasteiger partial charge < -0.3 is 4.42 Å². The summed E-state index contributed by atoms with van der Waals surface area (Å²) in [5, 5.41) is 15.4. The molecule has 6 nitrogen and oxygen atoms in total. The normalized spacial score (nSPS) is 14.7. The van der Waals surface area contributed by atoms with E-state index in [0.717, 1.165) is 29.9 Å². The maximum Gasteiger partial charge on any atom is 0.268 e. The first-order valence-corrected chi connectivity index (χ1v) is 12.7. The van der Waals surface area contributed by atoms with Crippen molar-refractivity contribution in [1.82, 2.24) is 24.9 Å². The molecule has 1 aliphatic rings. The summed E-state index contributed by atoms with van der Waals surface area (Å²) in [6, 6.07) is 13.1. The summed E-state index contributed by atoms with van der Waals surface area (Å²) in [4.78, 5) is 2.43. The second kappa shape index (κ2) is 9.58. The van der Waals surface area contributed by atoms with Gasteiger partial charge in [-0.25, -0.2) is 4.68 Å². The second-order valence-corrected chi connectivity index (χ2v) is 11.1. The molecule has 1 fully saturated rings. The van der Waals surface area contributed by atoms with Gasteiger partial charge in [0.2, 0.25) is 5.89 Å². The van der Waals surface area contributed by atoms with Gasteiger partial charge >= 0.3 is 0 Å². The number of likely N-dealkylation sites (tertiary alicyclic amines) is 1. The van der Waals surface area contributed by atoms with Gasteiger partial charge in [-0.2, -0.15) is 5.10 Å². The van der Waals surface area contributed by atoms with Crippen LogP contribution in [0.25, 0.3) is 28.5 Å². The summed E-state index contributed by atoms with van der Waals surface area (Å²) < 4.78 is 8.01. The summed E-state index contributed by atoms with van der Waals surface area (Å²) in [5.41, 5.74) is 3.96. The van der Waals surface area contributed by atoms with Gasteiger partial charge in [-0.3, -0.25) is 4.90 Å². The van der Waals surface area contributed by atoms with Crippen LogP contribution >= 0.6 is 34.8 Å². The Hall–Kier alpha value is -2.38. The quantitative estimate of drug-likeness (QED) is 0.268. The molecule has 2 aromatic carbocycles. The first-order valence-electron chi connectivity index (χ1n) is 11.6. The van der Waals surface area contributed by atoms with Crippen LogP contribution in [0.2, 0.25) is 15.1 Å². The molecule has 0 aliphatic carbocycles. The van der Waals surface area contributed by atoms with Crippen LogP contribution in [0, 0.1) is 0 Å². The smallest absolute Gasteiger partial charge is 0.268 e. The Labute approximate surface area is 219 Å². The molecule has 0 amide bonds. The van der Waals surface area contributed by atoms with E-state index in [1.165, 1.54) is 12.8 Å². The summed E-state index contributed by atoms with van der Waals surface area (Å²) in [6.45, 7) is 8.89. The predicted molar refractivity (Wildman–Crippen MR) is 141 cm³/mol. The van der Waals surface area contributed by atoms with E-state index in [0.29, 0.717) is 44.8 Å². The van der Waals surface area contributed by atoms with E-state index in [-0.39, 0.29) is 5.41 Å². The van der Waals surface area contributed by atoms with E-state index in [2.05, 4.69) is 15.1 Å². The van der Waals surface area contributed by atoms with Crippen molar-refractivity contribution in [3.63, 3.8) is 0 Å². The molecule has 0 bridgehead atoms. The van der Waals surface area contributed by atoms with E-state index in [1.54, 1.807) is 12.1 Å². The van der Waals surface area contributed by atoms with Crippen LogP contribution in [0.15, 0.2) is 46.9 Å². The van der Waals surface area contributed by atoms with Crippen LogP contribution in [0.4, 0.5) is 0 Å². The van der Waals surface area contributed by atoms with Gasteiger partial charge in [0, 0.05) is 33.1 Å². The minimum atomic E-state index is -0.276. The molecule has 0 N–H and O–H groups in total. The first-order chi connectivity index (χ1) is 16.7. The molecule has 1 aliphatic heterocycles. The minimum absolute atomic E-state index is 0.276. The molecular formula is C26H26Cl3N5O. The Morgan fingerprint density at radius 1 is 0.914 bits per heavy atom. The van der Waals surface area contributed by atoms with E-state index in [4.69, 9.17) is 44.3 Å². The number of halogens is 3. The molecule has 9 heteroatoms. The Kier molecular flexibility index (Phi) is 6.66. The Balaban J connectivity index is 1.77. The maximum absolute atomic E-state index is 6.66. The van der Waals surface area contributed by atoms with Crippen LogP contribution in [0.1, 0.15) is 45.1 Å². The van der Waals surface area contributed by atoms with Gasteiger partial charge in [-0.05, 0) is 56.3 Å². The number of nitrogens with zero attached hydrogens (tertiary/aromatic N) is 5. The van der Waals surface area contributed by atoms with Gasteiger partial charge in [-0.15, -0.1) is 10.2 Å². The highest BCUT2D eigenvalue weighted by Gasteiger charge is 2.29. The molecule has 1 saturated heterocycles. The van der Waals surface area contributed by atoms with Crippen molar-refractivity contribution in [2.75, 3.05) is 13.1 Å². The van der Waals surface area contributed by atoms with Crippen molar-refractivity contribution < 1.29 is 4.42 Å². The summed E-state index contributed by atoms with van der Waals surface area (Å²) >= 11 is 19.1. The van der Waals surface area contributed by atoms with Gasteiger partial charge in [0.05, 0.1) is 16.4 Å². The highest BCUT2D eigenvalue weighted by molar-refractivity contribution is 6.35. The average Bonchev–Trinajstić information content (AvgIpc) is 3.55. The lowest BCUT2D eigenvalue weighted by atomic mass is 9.97. The first kappa shape index (κ1) is 24.3. The third kappa shape index (κ3) is 4.98. The van der Waals surface area contributed by atoms with Crippen LogP contribution in [-0.2, 0) is 12.0 Å². The van der Waals surface area contributed by atoms with Crippen LogP contribution < -0.4 is 0 Å². The standard InChI is InChI=1S/C26H26Cl3N5O/c1-26(2,3)25-31-30-24(35-25)22-19(15-33-12-4-5-13-33)23(16-6-8-17(27)9-7-16)34(32-22)21-11-10-18(28)14-20(21)29/h6-11,14H,4-5,12-13,15H2,1-3H3. The molecular weight excluding hydrogens is 505 g/mol. The van der Waals surface area contributed by atoms with E-state index >= 15 is 0 Å². The lowest BCUT2D eigenvalue weighted by molar-refractivity contribution is 0.331. The number of hydrogen-bond donors (Lipinski definition) is 0. The molecule has 182 valence electrons. The molecule has 4 aromatic rings. The SMILES string of the molecule is CC(C)(C)c1nnc(-c2nn(-c3ccc(Cl)cc3Cl)c(-c3ccc(Cl)cc3)c2CN2CCCC2)o1. The molecule has 0 atom stereocenters. The van der Waals surface area contributed by atoms with E-state index < -0.39 is 0 Å². The lowest BCUT2D eigenvalue weighted by Crippen LogP contribution is -2.19. The Morgan fingerprint density at radius 2 is 1.60 bits per heavy atom. The largest absolute Gasteiger partial charge is 0.419 e. The molecule has 0 unspecified atom stereocenters. The monoisotopic (exact) mass is 529 g/mol. The summed E-state index contributed by atoms with van der Waals surface area (Å²) in [5.74, 6) is 0.954. The molecule has 2 aromatic heterocycles. The predicted octanol–water partition coefficient (Wildman–Crippen LogP) is 7.44. The maximum atomic E-state index is 6.66. The van der Waals surface area contributed by atoms with Crippen molar-refractivity contribution in [3.05, 3.63) is 69.0 Å². The molecule has 0 radical (unpaired) electrons. The van der Waals surface area contributed by atoms with Crippen molar-refractivity contribution in [2.24, 2.45) is 0 Å². The number of hydrogen-bond acceptors (Lipinski definition) is 5. The second-order valence-electron chi connectivity index (χ2n) is 9.84.